The van der Waals surface area contributed by atoms with Gasteiger partial charge in [-0.05, 0) is 121 Å². The summed E-state index contributed by atoms with van der Waals surface area (Å²) in [5.41, 5.74) is 2.45. The van der Waals surface area contributed by atoms with Gasteiger partial charge in [-0.25, -0.2) is 19.2 Å². The molecule has 0 heterocycles. The first-order chi connectivity index (χ1) is 37.9. The molecule has 0 aliphatic rings. The molecule has 0 saturated heterocycles. The van der Waals surface area contributed by atoms with Gasteiger partial charge in [-0.1, -0.05) is 103 Å². The summed E-state index contributed by atoms with van der Waals surface area (Å²) >= 11 is 0. The van der Waals surface area contributed by atoms with E-state index in [-0.39, 0.29) is 45.3 Å². The molecule has 0 unspecified atom stereocenters. The Balaban J connectivity index is 0.986. The van der Waals surface area contributed by atoms with E-state index in [4.69, 9.17) is 47.4 Å². The lowest BCUT2D eigenvalue weighted by atomic mass is 9.97. The van der Waals surface area contributed by atoms with E-state index in [9.17, 15) is 19.2 Å². The molecule has 0 aliphatic heterocycles. The molecule has 0 fully saturated rings. The van der Waals surface area contributed by atoms with E-state index in [1.807, 2.05) is 0 Å². The smallest absolute Gasteiger partial charge is 0.347 e. The molecule has 14 nitrogen and oxygen atoms in total. The third kappa shape index (κ3) is 17.0. The van der Waals surface area contributed by atoms with Crippen molar-refractivity contribution in [2.45, 2.75) is 105 Å². The Bertz CT molecular complexity index is 2650. The fraction of sp³-hybridized carbons (Fsp3) is 0.375. The van der Waals surface area contributed by atoms with Gasteiger partial charge in [0.2, 0.25) is 0 Å². The quantitative estimate of drug-likeness (QED) is 0.0299. The minimum absolute atomic E-state index is 0.153. The number of unbranched alkanes of at least 4 members (excludes halogenated alkanes) is 4. The molecule has 0 aromatic heterocycles. The van der Waals surface area contributed by atoms with Gasteiger partial charge in [-0.3, -0.25) is 0 Å². The molecule has 414 valence electrons. The second-order valence-electron chi connectivity index (χ2n) is 19.0. The van der Waals surface area contributed by atoms with Crippen molar-refractivity contribution in [3.05, 3.63) is 144 Å². The summed E-state index contributed by atoms with van der Waals surface area (Å²) in [6.07, 6.45) is 13.4. The van der Waals surface area contributed by atoms with Crippen LogP contribution < -0.4 is 47.4 Å². The second kappa shape index (κ2) is 30.7. The lowest BCUT2D eigenvalue weighted by Crippen LogP contribution is -2.14. The van der Waals surface area contributed by atoms with Crippen molar-refractivity contribution >= 4 is 23.9 Å². The minimum Gasteiger partial charge on any atom is -0.496 e. The summed E-state index contributed by atoms with van der Waals surface area (Å²) in [7, 11) is 5.98. The minimum atomic E-state index is -0.673. The number of benzene rings is 6. The van der Waals surface area contributed by atoms with E-state index in [0.717, 1.165) is 88.2 Å². The van der Waals surface area contributed by atoms with E-state index in [1.54, 1.807) is 72.8 Å². The van der Waals surface area contributed by atoms with Crippen LogP contribution in [0.1, 0.15) is 146 Å². The highest BCUT2D eigenvalue weighted by molar-refractivity contribution is 5.96. The molecule has 6 rings (SSSR count). The number of esters is 4. The largest absolute Gasteiger partial charge is 0.496 e. The lowest BCUT2D eigenvalue weighted by Gasteiger charge is -2.19. The van der Waals surface area contributed by atoms with Crippen LogP contribution in [0.5, 0.6) is 57.5 Å². The fourth-order valence-corrected chi connectivity index (χ4v) is 8.70. The van der Waals surface area contributed by atoms with Crippen LogP contribution in [-0.2, 0) is 0 Å². The molecule has 0 amide bonds. The summed E-state index contributed by atoms with van der Waals surface area (Å²) in [6.45, 7) is 9.80. The predicted octanol–water partition coefficient (Wildman–Crippen LogP) is 15.0. The molecule has 0 radical (unpaired) electrons. The summed E-state index contributed by atoms with van der Waals surface area (Å²) in [6, 6.07) is 32.3. The van der Waals surface area contributed by atoms with Gasteiger partial charge in [0.25, 0.3) is 0 Å². The highest BCUT2D eigenvalue weighted by atomic mass is 16.6. The fourth-order valence-electron chi connectivity index (χ4n) is 8.70. The third-order valence-electron chi connectivity index (χ3n) is 13.3. The Kier molecular flexibility index (Phi) is 23.3. The Morgan fingerprint density at radius 2 is 0.628 bits per heavy atom. The SMILES string of the molecule is CCCCC(CCCC)COc1cc(OC)c(C(=O)Oc2ccc(C(=O)Oc3ccc(-c4ccc(OC(=O)c5ccc(OC(=O)c6cc(OC)c(OCC(CCCC)CCCC)cc6OC)cc5)cc4)cc3)cc2)cc1OC. The van der Waals surface area contributed by atoms with Crippen LogP contribution in [0.3, 0.4) is 0 Å². The average molecular weight is 1070 g/mol. The summed E-state index contributed by atoms with van der Waals surface area (Å²) in [5, 5.41) is 0. The molecule has 0 saturated carbocycles. The van der Waals surface area contributed by atoms with Crippen LogP contribution in [0.4, 0.5) is 0 Å². The van der Waals surface area contributed by atoms with Crippen LogP contribution in [0.15, 0.2) is 121 Å². The van der Waals surface area contributed by atoms with Gasteiger partial charge in [0, 0.05) is 24.3 Å². The van der Waals surface area contributed by atoms with Crippen LogP contribution in [0, 0.1) is 11.8 Å². The monoisotopic (exact) mass is 1070 g/mol. The van der Waals surface area contributed by atoms with Crippen molar-refractivity contribution < 1.29 is 66.5 Å². The van der Waals surface area contributed by atoms with Crippen molar-refractivity contribution in [2.75, 3.05) is 41.7 Å². The number of rotatable bonds is 31. The van der Waals surface area contributed by atoms with Gasteiger partial charge in [-0.2, -0.15) is 0 Å². The van der Waals surface area contributed by atoms with Crippen molar-refractivity contribution in [3.8, 4) is 68.6 Å². The highest BCUT2D eigenvalue weighted by Crippen LogP contribution is 2.38. The van der Waals surface area contributed by atoms with Crippen molar-refractivity contribution in [1.29, 1.82) is 0 Å². The van der Waals surface area contributed by atoms with E-state index in [2.05, 4.69) is 27.7 Å². The maximum Gasteiger partial charge on any atom is 0.347 e. The zero-order chi connectivity index (χ0) is 55.8. The molecular weight excluding hydrogens is 993 g/mol. The number of hydrogen-bond donors (Lipinski definition) is 0. The van der Waals surface area contributed by atoms with Gasteiger partial charge in [0.15, 0.2) is 23.0 Å². The van der Waals surface area contributed by atoms with Gasteiger partial charge in [0.05, 0.1) is 52.8 Å². The average Bonchev–Trinajstić information content (AvgIpc) is 3.46. The van der Waals surface area contributed by atoms with E-state index >= 15 is 0 Å². The zero-order valence-corrected chi connectivity index (χ0v) is 46.3. The molecular formula is C64H74O14. The third-order valence-corrected chi connectivity index (χ3v) is 13.3. The molecule has 0 spiro atoms. The Morgan fingerprint density at radius 1 is 0.346 bits per heavy atom. The predicted molar refractivity (Wildman–Crippen MR) is 300 cm³/mol. The van der Waals surface area contributed by atoms with Crippen molar-refractivity contribution in [2.24, 2.45) is 11.8 Å². The van der Waals surface area contributed by atoms with Gasteiger partial charge < -0.3 is 47.4 Å². The molecule has 14 heteroatoms. The number of ether oxygens (including phenoxy) is 10. The van der Waals surface area contributed by atoms with Gasteiger partial charge in [0.1, 0.15) is 45.6 Å². The first-order valence-corrected chi connectivity index (χ1v) is 27.0. The molecule has 0 atom stereocenters. The first kappa shape index (κ1) is 59.2. The van der Waals surface area contributed by atoms with E-state index in [0.29, 0.717) is 59.5 Å². The number of carbonyl (C=O) groups is 4. The normalized spacial score (nSPS) is 10.9. The molecule has 6 aromatic carbocycles. The van der Waals surface area contributed by atoms with E-state index in [1.165, 1.54) is 77.0 Å². The number of hydrogen-bond acceptors (Lipinski definition) is 14. The first-order valence-electron chi connectivity index (χ1n) is 27.0. The molecule has 0 N–H and O–H groups in total. The maximum absolute atomic E-state index is 13.4. The van der Waals surface area contributed by atoms with Crippen LogP contribution in [-0.4, -0.2) is 65.5 Å². The van der Waals surface area contributed by atoms with Crippen molar-refractivity contribution in [3.63, 3.8) is 0 Å². The van der Waals surface area contributed by atoms with Crippen LogP contribution >= 0.6 is 0 Å². The standard InChI is InChI=1S/C64H74O14/c1-9-13-17-43(18-14-10-2)41-73-59-39-55(69-5)53(37-57(59)71-7)63(67)77-51-33-25-47(26-34-51)61(65)75-49-29-21-45(22-30-49)46-23-31-50(32-24-46)76-62(66)48-27-35-52(36-28-48)78-64(68)54-38-58(72-8)60(40-56(54)70-6)74-42-44(19-15-11-3)20-16-12-4/h21-40,43-44H,9-20,41-42H2,1-8H3. The van der Waals surface area contributed by atoms with Gasteiger partial charge in [-0.15, -0.1) is 0 Å². The molecule has 78 heavy (non-hydrogen) atoms. The summed E-state index contributed by atoms with van der Waals surface area (Å²) < 4.78 is 57.4. The highest BCUT2D eigenvalue weighted by Gasteiger charge is 2.24. The zero-order valence-electron chi connectivity index (χ0n) is 46.3. The molecule has 6 aromatic rings. The summed E-state index contributed by atoms with van der Waals surface area (Å²) in [5.74, 6) is 1.63. The van der Waals surface area contributed by atoms with Crippen molar-refractivity contribution in [1.82, 2.24) is 0 Å². The Labute approximate surface area is 459 Å². The van der Waals surface area contributed by atoms with Crippen LogP contribution in [0.2, 0.25) is 0 Å². The van der Waals surface area contributed by atoms with Crippen LogP contribution in [0.25, 0.3) is 11.1 Å². The number of carbonyl (C=O) groups excluding carboxylic acids is 4. The van der Waals surface area contributed by atoms with E-state index < -0.39 is 23.9 Å². The summed E-state index contributed by atoms with van der Waals surface area (Å²) in [4.78, 5) is 53.0. The van der Waals surface area contributed by atoms with Gasteiger partial charge >= 0.3 is 23.9 Å². The Morgan fingerprint density at radius 3 is 0.910 bits per heavy atom. The lowest BCUT2D eigenvalue weighted by molar-refractivity contribution is 0.0717. The molecule has 0 aliphatic carbocycles. The number of methoxy groups -OCH3 is 4. The Hall–Kier alpha value is -8.00. The second-order valence-corrected chi connectivity index (χ2v) is 19.0. The topological polar surface area (TPSA) is 161 Å². The maximum atomic E-state index is 13.4. The molecule has 0 bridgehead atoms.